The highest BCUT2D eigenvalue weighted by atomic mass is 32.2. The second kappa shape index (κ2) is 5.55. The summed E-state index contributed by atoms with van der Waals surface area (Å²) in [5.74, 6) is 1.33. The lowest BCUT2D eigenvalue weighted by molar-refractivity contribution is -0.000865. The highest BCUT2D eigenvalue weighted by molar-refractivity contribution is 8.00. The average Bonchev–Trinajstić information content (AvgIpc) is 2.50. The summed E-state index contributed by atoms with van der Waals surface area (Å²) >= 11 is 2.10. The molecule has 1 saturated heterocycles. The van der Waals surface area contributed by atoms with Crippen LogP contribution in [0.15, 0.2) is 0 Å². The lowest BCUT2D eigenvalue weighted by atomic mass is 10.1. The van der Waals surface area contributed by atoms with Gasteiger partial charge < -0.3 is 10.1 Å². The highest BCUT2D eigenvalue weighted by Gasteiger charge is 2.28. The highest BCUT2D eigenvalue weighted by Crippen LogP contribution is 2.36. The van der Waals surface area contributed by atoms with Gasteiger partial charge in [0.15, 0.2) is 0 Å². The van der Waals surface area contributed by atoms with Gasteiger partial charge in [0.25, 0.3) is 0 Å². The Labute approximate surface area is 98.5 Å². The van der Waals surface area contributed by atoms with E-state index in [2.05, 4.69) is 44.8 Å². The second-order valence-electron chi connectivity index (χ2n) is 5.54. The van der Waals surface area contributed by atoms with E-state index in [9.17, 15) is 0 Å². The first kappa shape index (κ1) is 13.3. The quantitative estimate of drug-likeness (QED) is 0.735. The van der Waals surface area contributed by atoms with Crippen molar-refractivity contribution in [1.29, 1.82) is 0 Å². The first-order chi connectivity index (χ1) is 6.91. The third-order valence-electron chi connectivity index (χ3n) is 2.61. The van der Waals surface area contributed by atoms with Crippen molar-refractivity contribution in [1.82, 2.24) is 5.32 Å². The molecule has 3 heteroatoms. The van der Waals surface area contributed by atoms with E-state index < -0.39 is 0 Å². The fourth-order valence-corrected chi connectivity index (χ4v) is 3.03. The summed E-state index contributed by atoms with van der Waals surface area (Å²) in [7, 11) is 0. The van der Waals surface area contributed by atoms with Crippen LogP contribution in [0.4, 0.5) is 0 Å². The molecule has 1 rings (SSSR count). The van der Waals surface area contributed by atoms with Gasteiger partial charge in [0, 0.05) is 17.8 Å². The molecule has 1 unspecified atom stereocenters. The topological polar surface area (TPSA) is 21.3 Å². The van der Waals surface area contributed by atoms with Crippen molar-refractivity contribution in [3.63, 3.8) is 0 Å². The zero-order chi connectivity index (χ0) is 11.4. The first-order valence-electron chi connectivity index (χ1n) is 5.90. The molecule has 0 amide bonds. The predicted octanol–water partition coefficient (Wildman–Crippen LogP) is 2.68. The van der Waals surface area contributed by atoms with Crippen molar-refractivity contribution < 1.29 is 4.74 Å². The molecule has 1 aliphatic rings. The Morgan fingerprint density at radius 3 is 2.67 bits per heavy atom. The van der Waals surface area contributed by atoms with E-state index in [0.717, 1.165) is 19.7 Å². The molecular formula is C12H25NOS. The normalized spacial score (nSPS) is 27.2. The molecule has 0 radical (unpaired) electrons. The lowest BCUT2D eigenvalue weighted by Gasteiger charge is -2.24. The smallest absolute Gasteiger partial charge is 0.0599 e. The number of hydrogen-bond donors (Lipinski definition) is 1. The summed E-state index contributed by atoms with van der Waals surface area (Å²) in [6, 6.07) is 0. The Morgan fingerprint density at radius 1 is 1.40 bits per heavy atom. The molecule has 2 nitrogen and oxygen atoms in total. The summed E-state index contributed by atoms with van der Waals surface area (Å²) in [5.41, 5.74) is -0.00626. The number of hydrogen-bond acceptors (Lipinski definition) is 3. The van der Waals surface area contributed by atoms with Crippen LogP contribution in [0.25, 0.3) is 0 Å². The van der Waals surface area contributed by atoms with E-state index in [1.165, 1.54) is 18.6 Å². The Kier molecular flexibility index (Phi) is 4.94. The Balaban J connectivity index is 2.02. The van der Waals surface area contributed by atoms with Gasteiger partial charge >= 0.3 is 0 Å². The molecule has 1 aliphatic heterocycles. The maximum absolute atomic E-state index is 5.66. The fourth-order valence-electron chi connectivity index (χ4n) is 1.76. The monoisotopic (exact) mass is 231 g/mol. The summed E-state index contributed by atoms with van der Waals surface area (Å²) in [6.45, 7) is 11.6. The Bertz CT molecular complexity index is 183. The van der Waals surface area contributed by atoms with Crippen molar-refractivity contribution in [2.45, 2.75) is 50.9 Å². The fraction of sp³-hybridized carbons (Fsp3) is 1.00. The van der Waals surface area contributed by atoms with Gasteiger partial charge in [-0.2, -0.15) is 11.8 Å². The van der Waals surface area contributed by atoms with E-state index in [1.807, 2.05) is 0 Å². The number of thioether (sulfide) groups is 1. The molecule has 1 fully saturated rings. The largest absolute Gasteiger partial charge is 0.375 e. The zero-order valence-electron chi connectivity index (χ0n) is 10.6. The van der Waals surface area contributed by atoms with Crippen LogP contribution < -0.4 is 5.32 Å². The van der Waals surface area contributed by atoms with Crippen molar-refractivity contribution in [2.75, 3.05) is 25.4 Å². The van der Waals surface area contributed by atoms with Gasteiger partial charge in [-0.1, -0.05) is 0 Å². The maximum Gasteiger partial charge on any atom is 0.0599 e. The number of rotatable bonds is 5. The summed E-state index contributed by atoms with van der Waals surface area (Å²) in [5, 5.41) is 3.49. The lowest BCUT2D eigenvalue weighted by Crippen LogP contribution is -2.35. The van der Waals surface area contributed by atoms with Gasteiger partial charge in [-0.05, 0) is 46.3 Å². The molecule has 0 aromatic heterocycles. The number of nitrogens with one attached hydrogen (secondary N) is 1. The first-order valence-corrected chi connectivity index (χ1v) is 6.89. The molecule has 15 heavy (non-hydrogen) atoms. The minimum Gasteiger partial charge on any atom is -0.375 e. The summed E-state index contributed by atoms with van der Waals surface area (Å²) in [4.78, 5) is 0. The Hall–Kier alpha value is 0.270. The van der Waals surface area contributed by atoms with Crippen LogP contribution in [0, 0.1) is 0 Å². The van der Waals surface area contributed by atoms with E-state index in [1.54, 1.807) is 0 Å². The molecule has 0 aliphatic carbocycles. The number of ether oxygens (including phenoxy) is 1. The zero-order valence-corrected chi connectivity index (χ0v) is 11.4. The van der Waals surface area contributed by atoms with Crippen molar-refractivity contribution in [3.8, 4) is 0 Å². The molecule has 1 atom stereocenters. The predicted molar refractivity (Wildman–Crippen MR) is 68.7 cm³/mol. The van der Waals surface area contributed by atoms with Gasteiger partial charge in [-0.3, -0.25) is 0 Å². The van der Waals surface area contributed by atoms with Gasteiger partial charge in [0.05, 0.1) is 12.2 Å². The third-order valence-corrected chi connectivity index (χ3v) is 4.15. The molecule has 1 heterocycles. The second-order valence-corrected chi connectivity index (χ2v) is 7.22. The van der Waals surface area contributed by atoms with Gasteiger partial charge in [-0.25, -0.2) is 0 Å². The minimum absolute atomic E-state index is 0.00626. The molecule has 0 saturated carbocycles. The van der Waals surface area contributed by atoms with Crippen molar-refractivity contribution in [2.24, 2.45) is 0 Å². The van der Waals surface area contributed by atoms with Crippen LogP contribution >= 0.6 is 11.8 Å². The van der Waals surface area contributed by atoms with Crippen LogP contribution in [0.1, 0.15) is 40.5 Å². The van der Waals surface area contributed by atoms with E-state index >= 15 is 0 Å². The van der Waals surface area contributed by atoms with E-state index in [4.69, 9.17) is 4.74 Å². The van der Waals surface area contributed by atoms with E-state index in [-0.39, 0.29) is 5.60 Å². The minimum atomic E-state index is -0.00626. The summed E-state index contributed by atoms with van der Waals surface area (Å²) < 4.78 is 6.13. The van der Waals surface area contributed by atoms with Crippen LogP contribution in [-0.2, 0) is 4.74 Å². The molecular weight excluding hydrogens is 206 g/mol. The standard InChI is InChI=1S/C12H25NOS/c1-11(2,3)14-8-7-13-10-12(4)6-5-9-15-12/h13H,5-10H2,1-4H3. The third kappa shape index (κ3) is 5.79. The van der Waals surface area contributed by atoms with Gasteiger partial charge in [0.2, 0.25) is 0 Å². The molecule has 0 bridgehead atoms. The van der Waals surface area contributed by atoms with Crippen LogP contribution in [0.2, 0.25) is 0 Å². The SMILES string of the molecule is CC(C)(C)OCCNCC1(C)CCCS1. The molecule has 90 valence electrons. The maximum atomic E-state index is 5.66. The molecule has 0 aromatic rings. The van der Waals surface area contributed by atoms with Crippen molar-refractivity contribution in [3.05, 3.63) is 0 Å². The molecule has 0 spiro atoms. The van der Waals surface area contributed by atoms with Gasteiger partial charge in [0.1, 0.15) is 0 Å². The average molecular weight is 231 g/mol. The molecule has 0 aromatic carbocycles. The van der Waals surface area contributed by atoms with Gasteiger partial charge in [-0.15, -0.1) is 0 Å². The molecule has 1 N–H and O–H groups in total. The van der Waals surface area contributed by atoms with Crippen LogP contribution in [0.3, 0.4) is 0 Å². The van der Waals surface area contributed by atoms with E-state index in [0.29, 0.717) is 4.75 Å². The van der Waals surface area contributed by atoms with Crippen molar-refractivity contribution >= 4 is 11.8 Å². The van der Waals surface area contributed by atoms with Crippen LogP contribution in [0.5, 0.6) is 0 Å². The summed E-state index contributed by atoms with van der Waals surface area (Å²) in [6.07, 6.45) is 2.73. The van der Waals surface area contributed by atoms with Crippen LogP contribution in [-0.4, -0.2) is 35.8 Å². The Morgan fingerprint density at radius 2 is 2.13 bits per heavy atom.